The summed E-state index contributed by atoms with van der Waals surface area (Å²) in [6, 6.07) is 0. The zero-order valence-corrected chi connectivity index (χ0v) is 8.30. The molecule has 0 fully saturated rings. The number of unbranched alkanes of at least 4 members (excludes halogenated alkanes) is 1. The molecule has 0 aliphatic rings. The van der Waals surface area contributed by atoms with Crippen molar-refractivity contribution in [1.29, 1.82) is 0 Å². The van der Waals surface area contributed by atoms with E-state index in [2.05, 4.69) is 6.92 Å². The highest BCUT2D eigenvalue weighted by Crippen LogP contribution is 2.03. The third-order valence-corrected chi connectivity index (χ3v) is 1.72. The fraction of sp³-hybridized carbons (Fsp3) is 0.545. The van der Waals surface area contributed by atoms with E-state index in [0.717, 1.165) is 12.8 Å². The Bertz CT molecular complexity index is 232. The van der Waals surface area contributed by atoms with E-state index < -0.39 is 0 Å². The van der Waals surface area contributed by atoms with Crippen molar-refractivity contribution in [2.45, 2.75) is 39.5 Å². The molecule has 0 heterocycles. The van der Waals surface area contributed by atoms with Gasteiger partial charge < -0.3 is 0 Å². The molecular weight excluding hydrogens is 164 g/mol. The molecule has 0 aliphatic carbocycles. The monoisotopic (exact) mass is 180 g/mol. The van der Waals surface area contributed by atoms with Gasteiger partial charge in [-0.2, -0.15) is 0 Å². The number of hydrogen-bond donors (Lipinski definition) is 0. The molecule has 0 spiro atoms. The first-order valence-electron chi connectivity index (χ1n) is 4.66. The fourth-order valence-corrected chi connectivity index (χ4v) is 0.884. The van der Waals surface area contributed by atoms with Crippen molar-refractivity contribution < 1.29 is 9.59 Å². The fourth-order valence-electron chi connectivity index (χ4n) is 0.884. The first-order valence-corrected chi connectivity index (χ1v) is 4.66. The minimum Gasteiger partial charge on any atom is -0.294 e. The number of hydrogen-bond acceptors (Lipinski definition) is 2. The largest absolute Gasteiger partial charge is 0.294 e. The Labute approximate surface area is 79.3 Å². The van der Waals surface area contributed by atoms with E-state index in [0.29, 0.717) is 12.0 Å². The van der Waals surface area contributed by atoms with E-state index in [4.69, 9.17) is 0 Å². The Morgan fingerprint density at radius 2 is 2.08 bits per heavy atom. The number of rotatable bonds is 6. The predicted molar refractivity (Wildman–Crippen MR) is 53.2 cm³/mol. The molecule has 0 saturated carbocycles. The van der Waals surface area contributed by atoms with Gasteiger partial charge in [-0.15, -0.1) is 0 Å². The number of allylic oxidation sites excluding steroid dienone is 3. The third-order valence-electron chi connectivity index (χ3n) is 1.72. The van der Waals surface area contributed by atoms with Crippen molar-refractivity contribution in [3.63, 3.8) is 0 Å². The summed E-state index contributed by atoms with van der Waals surface area (Å²) in [4.78, 5) is 21.4. The van der Waals surface area contributed by atoms with E-state index in [1.54, 1.807) is 12.0 Å². The summed E-state index contributed by atoms with van der Waals surface area (Å²) in [7, 11) is 0. The van der Waals surface area contributed by atoms with Crippen LogP contribution >= 0.6 is 0 Å². The minimum atomic E-state index is -0.00588. The number of ketones is 1. The quantitative estimate of drug-likeness (QED) is 0.465. The van der Waals surface area contributed by atoms with Crippen LogP contribution in [0, 0.1) is 0 Å². The summed E-state index contributed by atoms with van der Waals surface area (Å²) in [5, 5.41) is 0. The molecule has 72 valence electrons. The van der Waals surface area contributed by atoms with Crippen LogP contribution in [0.4, 0.5) is 0 Å². The van der Waals surface area contributed by atoms with Gasteiger partial charge in [-0.1, -0.05) is 26.3 Å². The van der Waals surface area contributed by atoms with Gasteiger partial charge in [0.25, 0.3) is 0 Å². The van der Waals surface area contributed by atoms with E-state index in [1.807, 2.05) is 13.0 Å². The molecule has 2 heteroatoms. The zero-order chi connectivity index (χ0) is 10.1. The maximum absolute atomic E-state index is 11.2. The Hall–Kier alpha value is -1.14. The van der Waals surface area contributed by atoms with Gasteiger partial charge in [-0.05, 0) is 18.9 Å². The molecule has 0 aliphatic heterocycles. The second-order valence-electron chi connectivity index (χ2n) is 2.89. The number of carbonyl (C=O) groups is 1. The van der Waals surface area contributed by atoms with Crippen LogP contribution in [0.15, 0.2) is 17.7 Å². The van der Waals surface area contributed by atoms with Crippen LogP contribution < -0.4 is 0 Å². The topological polar surface area (TPSA) is 34.1 Å². The van der Waals surface area contributed by atoms with E-state index in [1.165, 1.54) is 0 Å². The van der Waals surface area contributed by atoms with Crippen molar-refractivity contribution >= 4 is 11.7 Å². The van der Waals surface area contributed by atoms with Gasteiger partial charge in [0.05, 0.1) is 0 Å². The molecule has 0 rings (SSSR count). The highest BCUT2D eigenvalue weighted by Gasteiger charge is 2.01. The highest BCUT2D eigenvalue weighted by molar-refractivity contribution is 5.92. The molecule has 13 heavy (non-hydrogen) atoms. The van der Waals surface area contributed by atoms with Crippen LogP contribution in [0.25, 0.3) is 0 Å². The normalized spacial score (nSPS) is 10.0. The van der Waals surface area contributed by atoms with Gasteiger partial charge in [0.1, 0.15) is 5.94 Å². The van der Waals surface area contributed by atoms with Crippen molar-refractivity contribution in [3.8, 4) is 0 Å². The van der Waals surface area contributed by atoms with Crippen LogP contribution in [-0.4, -0.2) is 11.7 Å². The van der Waals surface area contributed by atoms with Crippen molar-refractivity contribution in [2.24, 2.45) is 0 Å². The van der Waals surface area contributed by atoms with E-state index >= 15 is 0 Å². The Balaban J connectivity index is 3.93. The first-order chi connectivity index (χ1) is 6.24. The van der Waals surface area contributed by atoms with Gasteiger partial charge in [-0.3, -0.25) is 4.79 Å². The molecule has 2 nitrogen and oxygen atoms in total. The summed E-state index contributed by atoms with van der Waals surface area (Å²) in [5.41, 5.74) is 0.547. The van der Waals surface area contributed by atoms with Crippen LogP contribution in [-0.2, 0) is 9.59 Å². The molecule has 0 unspecified atom stereocenters. The molecule has 0 atom stereocenters. The minimum absolute atomic E-state index is 0.00588. The summed E-state index contributed by atoms with van der Waals surface area (Å²) in [5.74, 6) is 1.78. The molecule has 0 bridgehead atoms. The van der Waals surface area contributed by atoms with Crippen LogP contribution in [0.5, 0.6) is 0 Å². The zero-order valence-electron chi connectivity index (χ0n) is 8.30. The molecule has 0 aromatic rings. The highest BCUT2D eigenvalue weighted by atomic mass is 16.1. The lowest BCUT2D eigenvalue weighted by Crippen LogP contribution is -1.95. The standard InChI is InChI=1S/C11H16O2/c1-3-5-6-7-11(13)8-10(4-2)9-12/h6-7H,3-5,8H2,1-2H3. The second-order valence-corrected chi connectivity index (χ2v) is 2.89. The summed E-state index contributed by atoms with van der Waals surface area (Å²) >= 11 is 0. The summed E-state index contributed by atoms with van der Waals surface area (Å²) in [6.07, 6.45) is 6.18. The van der Waals surface area contributed by atoms with Gasteiger partial charge in [0, 0.05) is 12.0 Å². The van der Waals surface area contributed by atoms with E-state index in [9.17, 15) is 9.59 Å². The van der Waals surface area contributed by atoms with Gasteiger partial charge in [0.2, 0.25) is 0 Å². The molecule has 0 aromatic heterocycles. The Kier molecular flexibility index (Phi) is 6.85. The number of carbonyl (C=O) groups excluding carboxylic acids is 2. The van der Waals surface area contributed by atoms with Crippen molar-refractivity contribution in [2.75, 3.05) is 0 Å². The molecule has 0 N–H and O–H groups in total. The second kappa shape index (κ2) is 7.51. The maximum atomic E-state index is 11.2. The first kappa shape index (κ1) is 11.9. The van der Waals surface area contributed by atoms with Crippen molar-refractivity contribution in [1.82, 2.24) is 0 Å². The van der Waals surface area contributed by atoms with Crippen molar-refractivity contribution in [3.05, 3.63) is 17.7 Å². The Morgan fingerprint density at radius 3 is 2.54 bits per heavy atom. The van der Waals surface area contributed by atoms with Gasteiger partial charge in [-0.25, -0.2) is 4.79 Å². The van der Waals surface area contributed by atoms with E-state index in [-0.39, 0.29) is 12.2 Å². The van der Waals surface area contributed by atoms with Crippen LogP contribution in [0.3, 0.4) is 0 Å². The predicted octanol–water partition coefficient (Wildman–Crippen LogP) is 2.47. The molecule has 0 amide bonds. The smallest absolute Gasteiger partial charge is 0.160 e. The van der Waals surface area contributed by atoms with Crippen LogP contribution in [0.1, 0.15) is 39.5 Å². The molecule has 0 aromatic carbocycles. The lowest BCUT2D eigenvalue weighted by Gasteiger charge is -1.93. The lowest BCUT2D eigenvalue weighted by atomic mass is 10.1. The average molecular weight is 180 g/mol. The summed E-state index contributed by atoms with van der Waals surface area (Å²) in [6.45, 7) is 3.90. The molecule has 0 radical (unpaired) electrons. The van der Waals surface area contributed by atoms with Crippen LogP contribution in [0.2, 0.25) is 0 Å². The maximum Gasteiger partial charge on any atom is 0.160 e. The third kappa shape index (κ3) is 6.06. The van der Waals surface area contributed by atoms with Gasteiger partial charge in [0.15, 0.2) is 5.78 Å². The summed E-state index contributed by atoms with van der Waals surface area (Å²) < 4.78 is 0. The Morgan fingerprint density at radius 1 is 1.38 bits per heavy atom. The molecule has 0 saturated heterocycles. The SMILES string of the molecule is CCCC=CC(=O)CC(=C=O)CC. The average Bonchev–Trinajstić information content (AvgIpc) is 2.14. The lowest BCUT2D eigenvalue weighted by molar-refractivity contribution is -0.114. The van der Waals surface area contributed by atoms with Gasteiger partial charge >= 0.3 is 0 Å². The molecular formula is C11H16O2.